The Kier molecular flexibility index (Phi) is 3.75. The smallest absolute Gasteiger partial charge is 0.251 e. The molecule has 0 unspecified atom stereocenters. The number of hydrogen-bond acceptors (Lipinski definition) is 1. The largest absolute Gasteiger partial charge is 0.361 e. The van der Waals surface area contributed by atoms with Crippen molar-refractivity contribution in [3.63, 3.8) is 0 Å². The molecule has 0 aliphatic carbocycles. The van der Waals surface area contributed by atoms with Gasteiger partial charge in [-0.1, -0.05) is 34.1 Å². The fourth-order valence-electron chi connectivity index (χ4n) is 2.24. The van der Waals surface area contributed by atoms with Crippen LogP contribution in [-0.2, 0) is 6.54 Å². The van der Waals surface area contributed by atoms with Crippen molar-refractivity contribution < 1.29 is 9.18 Å². The van der Waals surface area contributed by atoms with Crippen molar-refractivity contribution in [2.24, 2.45) is 0 Å². The second-order valence-corrected chi connectivity index (χ2v) is 5.62. The van der Waals surface area contributed by atoms with Gasteiger partial charge in [0.15, 0.2) is 0 Å². The Morgan fingerprint density at radius 1 is 1.24 bits per heavy atom. The first-order valence-electron chi connectivity index (χ1n) is 6.43. The zero-order valence-corrected chi connectivity index (χ0v) is 12.6. The van der Waals surface area contributed by atoms with Gasteiger partial charge in [-0.05, 0) is 29.8 Å². The van der Waals surface area contributed by atoms with E-state index < -0.39 is 5.82 Å². The minimum atomic E-state index is -0.443. The predicted molar refractivity (Wildman–Crippen MR) is 83.6 cm³/mol. The van der Waals surface area contributed by atoms with E-state index in [1.807, 2.05) is 30.5 Å². The lowest BCUT2D eigenvalue weighted by molar-refractivity contribution is 0.0950. The molecule has 0 atom stereocenters. The van der Waals surface area contributed by atoms with Crippen molar-refractivity contribution in [3.05, 3.63) is 70.1 Å². The number of benzene rings is 2. The quantitative estimate of drug-likeness (QED) is 0.739. The number of amides is 1. The summed E-state index contributed by atoms with van der Waals surface area (Å²) in [5, 5.41) is 3.87. The summed E-state index contributed by atoms with van der Waals surface area (Å²) in [5.74, 6) is -0.748. The molecule has 5 heteroatoms. The van der Waals surface area contributed by atoms with Crippen LogP contribution in [0, 0.1) is 5.82 Å². The fourth-order valence-corrected chi connectivity index (χ4v) is 2.71. The van der Waals surface area contributed by atoms with E-state index in [2.05, 4.69) is 26.2 Å². The molecule has 3 aromatic rings. The van der Waals surface area contributed by atoms with Crippen molar-refractivity contribution in [3.8, 4) is 0 Å². The molecule has 0 radical (unpaired) electrons. The van der Waals surface area contributed by atoms with Crippen molar-refractivity contribution in [1.29, 1.82) is 0 Å². The number of para-hydroxylation sites is 1. The first-order valence-corrected chi connectivity index (χ1v) is 7.22. The lowest BCUT2D eigenvalue weighted by atomic mass is 10.1. The Morgan fingerprint density at radius 2 is 2.05 bits per heavy atom. The second kappa shape index (κ2) is 5.69. The molecular weight excluding hydrogens is 335 g/mol. The average molecular weight is 347 g/mol. The van der Waals surface area contributed by atoms with Crippen LogP contribution in [0.1, 0.15) is 15.9 Å². The summed E-state index contributed by atoms with van der Waals surface area (Å²) in [6.07, 6.45) is 1.87. The van der Waals surface area contributed by atoms with E-state index >= 15 is 0 Å². The Hall–Kier alpha value is -2.14. The molecule has 0 spiro atoms. The maximum atomic E-state index is 13.3. The normalized spacial score (nSPS) is 10.8. The van der Waals surface area contributed by atoms with Gasteiger partial charge in [0.05, 0.1) is 0 Å². The van der Waals surface area contributed by atoms with Crippen molar-refractivity contribution in [2.45, 2.75) is 6.54 Å². The highest BCUT2D eigenvalue weighted by Gasteiger charge is 2.09. The molecule has 3 nitrogen and oxygen atoms in total. The summed E-state index contributed by atoms with van der Waals surface area (Å²) in [6, 6.07) is 12.0. The number of halogens is 2. The summed E-state index contributed by atoms with van der Waals surface area (Å²) in [5.41, 5.74) is 2.31. The summed E-state index contributed by atoms with van der Waals surface area (Å²) in [7, 11) is 0. The summed E-state index contributed by atoms with van der Waals surface area (Å²) in [6.45, 7) is 0.386. The van der Waals surface area contributed by atoms with E-state index in [0.29, 0.717) is 16.6 Å². The molecule has 21 heavy (non-hydrogen) atoms. The van der Waals surface area contributed by atoms with Crippen LogP contribution < -0.4 is 5.32 Å². The molecule has 0 aliphatic rings. The van der Waals surface area contributed by atoms with Gasteiger partial charge < -0.3 is 10.3 Å². The van der Waals surface area contributed by atoms with E-state index in [4.69, 9.17) is 0 Å². The third kappa shape index (κ3) is 2.97. The zero-order valence-electron chi connectivity index (χ0n) is 11.0. The van der Waals surface area contributed by atoms with Crippen molar-refractivity contribution in [2.75, 3.05) is 0 Å². The SMILES string of the molecule is O=C(NCc1c[nH]c2ccccc12)c1cc(F)cc(Br)c1. The molecule has 3 rings (SSSR count). The van der Waals surface area contributed by atoms with Gasteiger partial charge in [-0.15, -0.1) is 0 Å². The lowest BCUT2D eigenvalue weighted by Gasteiger charge is -2.05. The second-order valence-electron chi connectivity index (χ2n) is 4.70. The van der Waals surface area contributed by atoms with Crippen LogP contribution in [0.25, 0.3) is 10.9 Å². The van der Waals surface area contributed by atoms with Crippen LogP contribution in [0.3, 0.4) is 0 Å². The molecule has 1 heterocycles. The number of fused-ring (bicyclic) bond motifs is 1. The number of carbonyl (C=O) groups is 1. The van der Waals surface area contributed by atoms with Crippen LogP contribution >= 0.6 is 15.9 Å². The molecule has 0 saturated carbocycles. The van der Waals surface area contributed by atoms with Gasteiger partial charge in [-0.25, -0.2) is 4.39 Å². The number of rotatable bonds is 3. The van der Waals surface area contributed by atoms with Gasteiger partial charge in [0, 0.05) is 33.7 Å². The molecule has 106 valence electrons. The molecule has 1 aromatic heterocycles. The fraction of sp³-hybridized carbons (Fsp3) is 0.0625. The molecular formula is C16H12BrFN2O. The molecule has 2 N–H and O–H groups in total. The predicted octanol–water partition coefficient (Wildman–Crippen LogP) is 4.00. The Balaban J connectivity index is 1.76. The standard InChI is InChI=1S/C16H12BrFN2O/c17-12-5-10(6-13(18)7-12)16(21)20-9-11-8-19-15-4-2-1-3-14(11)15/h1-8,19H,9H2,(H,20,21). The Morgan fingerprint density at radius 3 is 2.86 bits per heavy atom. The van der Waals surface area contributed by atoms with Gasteiger partial charge in [-0.3, -0.25) is 4.79 Å². The highest BCUT2D eigenvalue weighted by molar-refractivity contribution is 9.10. The monoisotopic (exact) mass is 346 g/mol. The first-order chi connectivity index (χ1) is 10.1. The number of aromatic nitrogens is 1. The molecule has 1 amide bonds. The minimum Gasteiger partial charge on any atom is -0.361 e. The number of aromatic amines is 1. The summed E-state index contributed by atoms with van der Waals surface area (Å²) >= 11 is 3.18. The third-order valence-corrected chi connectivity index (χ3v) is 3.70. The topological polar surface area (TPSA) is 44.9 Å². The van der Waals surface area contributed by atoms with Gasteiger partial charge >= 0.3 is 0 Å². The summed E-state index contributed by atoms with van der Waals surface area (Å²) < 4.78 is 13.8. The van der Waals surface area contributed by atoms with Gasteiger partial charge in [-0.2, -0.15) is 0 Å². The van der Waals surface area contributed by atoms with Crippen molar-refractivity contribution >= 4 is 32.7 Å². The van der Waals surface area contributed by atoms with Gasteiger partial charge in [0.25, 0.3) is 5.91 Å². The van der Waals surface area contributed by atoms with Crippen LogP contribution in [0.4, 0.5) is 4.39 Å². The number of hydrogen-bond donors (Lipinski definition) is 2. The lowest BCUT2D eigenvalue weighted by Crippen LogP contribution is -2.22. The number of nitrogens with one attached hydrogen (secondary N) is 2. The Bertz CT molecular complexity index is 793. The van der Waals surface area contributed by atoms with E-state index in [-0.39, 0.29) is 5.91 Å². The number of H-pyrrole nitrogens is 1. The van der Waals surface area contributed by atoms with E-state index in [1.165, 1.54) is 12.1 Å². The first kappa shape index (κ1) is 13.8. The maximum absolute atomic E-state index is 13.3. The molecule has 0 bridgehead atoms. The van der Waals surface area contributed by atoms with Crippen LogP contribution in [0.2, 0.25) is 0 Å². The molecule has 0 fully saturated rings. The highest BCUT2D eigenvalue weighted by atomic mass is 79.9. The molecule has 0 aliphatic heterocycles. The maximum Gasteiger partial charge on any atom is 0.251 e. The van der Waals surface area contributed by atoms with E-state index in [9.17, 15) is 9.18 Å². The van der Waals surface area contributed by atoms with E-state index in [0.717, 1.165) is 16.5 Å². The third-order valence-electron chi connectivity index (χ3n) is 3.24. The van der Waals surface area contributed by atoms with E-state index in [1.54, 1.807) is 6.07 Å². The Labute approximate surface area is 129 Å². The van der Waals surface area contributed by atoms with Crippen LogP contribution in [0.15, 0.2) is 53.1 Å². The molecule has 0 saturated heterocycles. The van der Waals surface area contributed by atoms with Crippen molar-refractivity contribution in [1.82, 2.24) is 10.3 Å². The van der Waals surface area contributed by atoms with Crippen LogP contribution in [-0.4, -0.2) is 10.9 Å². The van der Waals surface area contributed by atoms with Crippen LogP contribution in [0.5, 0.6) is 0 Å². The minimum absolute atomic E-state index is 0.293. The summed E-state index contributed by atoms with van der Waals surface area (Å²) in [4.78, 5) is 15.2. The number of carbonyl (C=O) groups excluding carboxylic acids is 1. The van der Waals surface area contributed by atoms with Gasteiger partial charge in [0.1, 0.15) is 5.82 Å². The zero-order chi connectivity index (χ0) is 14.8. The van der Waals surface area contributed by atoms with Gasteiger partial charge in [0.2, 0.25) is 0 Å². The average Bonchev–Trinajstić information content (AvgIpc) is 2.87. The molecule has 2 aromatic carbocycles. The highest BCUT2D eigenvalue weighted by Crippen LogP contribution is 2.18.